The monoisotopic (exact) mass is 858 g/mol. The summed E-state index contributed by atoms with van der Waals surface area (Å²) in [6.45, 7) is 22.4. The topological polar surface area (TPSA) is 64.6 Å². The van der Waals surface area contributed by atoms with E-state index in [4.69, 9.17) is 28.2 Å². The van der Waals surface area contributed by atoms with Crippen LogP contribution in [0.1, 0.15) is 89.2 Å². The van der Waals surface area contributed by atoms with Crippen LogP contribution in [0.4, 0.5) is 0 Å². The van der Waals surface area contributed by atoms with Gasteiger partial charge in [0.05, 0.1) is 22.4 Å². The number of hydrogen-bond acceptors (Lipinski definition) is 7. The number of hydrogen-bond donors (Lipinski definition) is 1. The molecule has 2 fully saturated rings. The molecule has 0 bridgehead atoms. The van der Waals surface area contributed by atoms with Crippen LogP contribution in [-0.4, -0.2) is 94.9 Å². The number of rotatable bonds is 11. The number of fused-ring (bicyclic) bond motifs is 2. The van der Waals surface area contributed by atoms with Crippen molar-refractivity contribution in [1.29, 1.82) is 0 Å². The van der Waals surface area contributed by atoms with Gasteiger partial charge >= 0.3 is 0 Å². The van der Waals surface area contributed by atoms with E-state index < -0.39 is 0 Å². The van der Waals surface area contributed by atoms with Crippen molar-refractivity contribution in [3.63, 3.8) is 0 Å². The maximum atomic E-state index is 11.9. The third-order valence-electron chi connectivity index (χ3n) is 12.6. The van der Waals surface area contributed by atoms with Gasteiger partial charge in [0.1, 0.15) is 0 Å². The zero-order valence-corrected chi connectivity index (χ0v) is 38.5. The molecule has 1 unspecified atom stereocenters. The Bertz CT molecular complexity index is 2300. The summed E-state index contributed by atoms with van der Waals surface area (Å²) >= 11 is 12.3. The highest BCUT2D eigenvalue weighted by Gasteiger charge is 2.27. The van der Waals surface area contributed by atoms with E-state index in [1.165, 1.54) is 62.8 Å². The highest BCUT2D eigenvalue weighted by molar-refractivity contribution is 6.31. The molecule has 0 spiro atoms. The highest BCUT2D eigenvalue weighted by atomic mass is 35.5. The van der Waals surface area contributed by atoms with Crippen molar-refractivity contribution in [3.8, 4) is 22.5 Å². The van der Waals surface area contributed by atoms with Gasteiger partial charge in [-0.25, -0.2) is 9.97 Å². The molecule has 0 radical (unpaired) electrons. The molecule has 61 heavy (non-hydrogen) atoms. The second kappa shape index (κ2) is 22.8. The van der Waals surface area contributed by atoms with Crippen LogP contribution in [0.2, 0.25) is 10.0 Å². The van der Waals surface area contributed by atoms with E-state index in [2.05, 4.69) is 96.0 Å². The predicted octanol–water partition coefficient (Wildman–Crippen LogP) is 12.3. The number of likely N-dealkylation sites (tertiary alicyclic amines) is 1. The Labute approximate surface area is 374 Å². The number of ketones is 1. The van der Waals surface area contributed by atoms with Crippen molar-refractivity contribution in [2.45, 2.75) is 85.4 Å². The Morgan fingerprint density at radius 2 is 1.11 bits per heavy atom. The molecule has 2 saturated heterocycles. The number of Topliss-reactive ketones (excluding diaryl/α,β-unsaturated/α-hetero) is 1. The molecule has 9 heteroatoms. The highest BCUT2D eigenvalue weighted by Crippen LogP contribution is 2.34. The van der Waals surface area contributed by atoms with Crippen LogP contribution in [-0.2, 0) is 0 Å². The van der Waals surface area contributed by atoms with Crippen molar-refractivity contribution in [3.05, 3.63) is 130 Å². The predicted molar refractivity (Wildman–Crippen MR) is 259 cm³/mol. The van der Waals surface area contributed by atoms with Crippen LogP contribution in [0, 0.1) is 0 Å². The van der Waals surface area contributed by atoms with Gasteiger partial charge in [-0.05, 0) is 121 Å². The molecule has 6 aromatic rings. The molecule has 4 aromatic carbocycles. The molecular formula is C52H64Cl2N6O. The van der Waals surface area contributed by atoms with Crippen molar-refractivity contribution >= 4 is 50.8 Å². The summed E-state index contributed by atoms with van der Waals surface area (Å²) < 4.78 is 0. The zero-order chi connectivity index (χ0) is 43.3. The van der Waals surface area contributed by atoms with Crippen LogP contribution in [0.5, 0.6) is 0 Å². The Kier molecular flexibility index (Phi) is 17.3. The average Bonchev–Trinajstić information content (AvgIpc) is 3.30. The van der Waals surface area contributed by atoms with Gasteiger partial charge in [-0.3, -0.25) is 9.69 Å². The zero-order valence-electron chi connectivity index (χ0n) is 37.0. The fourth-order valence-corrected chi connectivity index (χ4v) is 9.40. The lowest BCUT2D eigenvalue weighted by Gasteiger charge is -2.40. The largest absolute Gasteiger partial charge is 0.317 e. The van der Waals surface area contributed by atoms with Crippen LogP contribution in [0.3, 0.4) is 0 Å². The molecule has 4 heterocycles. The van der Waals surface area contributed by atoms with Crippen molar-refractivity contribution < 1.29 is 4.79 Å². The van der Waals surface area contributed by atoms with Gasteiger partial charge < -0.3 is 15.1 Å². The van der Waals surface area contributed by atoms with E-state index in [9.17, 15) is 4.79 Å². The number of nitrogens with zero attached hydrogens (tertiary/aromatic N) is 5. The summed E-state index contributed by atoms with van der Waals surface area (Å²) in [5.74, 6) is 0.0249. The first-order valence-electron chi connectivity index (χ1n) is 22.4. The first-order valence-corrected chi connectivity index (χ1v) is 23.1. The first kappa shape index (κ1) is 46.3. The Morgan fingerprint density at radius 3 is 1.61 bits per heavy atom. The third-order valence-corrected chi connectivity index (χ3v) is 13.0. The number of halogens is 2. The number of pyridine rings is 2. The van der Waals surface area contributed by atoms with Crippen molar-refractivity contribution in [2.24, 2.45) is 0 Å². The molecule has 1 atom stereocenters. The molecule has 322 valence electrons. The fourth-order valence-electron chi connectivity index (χ4n) is 9.07. The third kappa shape index (κ3) is 12.0. The summed E-state index contributed by atoms with van der Waals surface area (Å²) in [7, 11) is 0. The lowest BCUT2D eigenvalue weighted by Crippen LogP contribution is -2.45. The minimum atomic E-state index is 0.0249. The molecule has 2 aliphatic rings. The molecular weight excluding hydrogens is 796 g/mol. The van der Waals surface area contributed by atoms with E-state index in [-0.39, 0.29) is 5.78 Å². The number of piperidine rings is 2. The van der Waals surface area contributed by atoms with Crippen LogP contribution in [0.15, 0.2) is 109 Å². The van der Waals surface area contributed by atoms with Gasteiger partial charge in [0.15, 0.2) is 5.78 Å². The summed E-state index contributed by atoms with van der Waals surface area (Å²) in [6.07, 6.45) is 5.15. The molecule has 0 aliphatic carbocycles. The first-order chi connectivity index (χ1) is 29.6. The Hall–Kier alpha value is -4.21. The Morgan fingerprint density at radius 1 is 0.656 bits per heavy atom. The minimum absolute atomic E-state index is 0.0249. The van der Waals surface area contributed by atoms with E-state index in [1.54, 1.807) is 19.1 Å². The number of aromatic nitrogens is 2. The smallest absolute Gasteiger partial charge is 0.160 e. The van der Waals surface area contributed by atoms with Gasteiger partial charge in [-0.1, -0.05) is 124 Å². The second-order valence-electron chi connectivity index (χ2n) is 16.1. The van der Waals surface area contributed by atoms with Gasteiger partial charge in [-0.15, -0.1) is 0 Å². The van der Waals surface area contributed by atoms with Crippen LogP contribution in [0.25, 0.3) is 44.3 Å². The van der Waals surface area contributed by atoms with E-state index in [0.29, 0.717) is 16.6 Å². The molecule has 1 N–H and O–H groups in total. The lowest BCUT2D eigenvalue weighted by molar-refractivity contribution is 0.0943. The quantitative estimate of drug-likeness (QED) is 0.130. The maximum Gasteiger partial charge on any atom is 0.160 e. The van der Waals surface area contributed by atoms with Gasteiger partial charge in [-0.2, -0.15) is 0 Å². The average molecular weight is 860 g/mol. The molecule has 0 saturated carbocycles. The molecule has 0 amide bonds. The van der Waals surface area contributed by atoms with Gasteiger partial charge in [0.25, 0.3) is 0 Å². The van der Waals surface area contributed by atoms with Gasteiger partial charge in [0, 0.05) is 68.7 Å². The van der Waals surface area contributed by atoms with Gasteiger partial charge in [0.2, 0.25) is 0 Å². The lowest BCUT2D eigenvalue weighted by atomic mass is 9.95. The van der Waals surface area contributed by atoms with Crippen molar-refractivity contribution in [2.75, 3.05) is 52.4 Å². The SMILES string of the molecule is CC(=O)c1cc(-c2ccccc2)nc2cc(Cl)ccc12.CCN(CC)C1CCN(C(C)c2cc(-c3ccccc3)nc3cc(Cl)ccc23)CC1.CCN(CC)C1CCNCC1. The van der Waals surface area contributed by atoms with Crippen LogP contribution < -0.4 is 5.32 Å². The molecule has 7 nitrogen and oxygen atoms in total. The second-order valence-corrected chi connectivity index (χ2v) is 17.0. The summed E-state index contributed by atoms with van der Waals surface area (Å²) in [4.78, 5) is 29.2. The standard InChI is InChI=1S/C26H32ClN3.C17H12ClNO.C9H20N2/c1-4-29(5-2)22-13-15-30(16-14-22)19(3)24-18-25(20-9-7-6-8-10-20)28-26-17-21(27)11-12-23(24)26;1-11(20)15-10-16(12-5-3-2-4-6-12)19-17-9-13(18)7-8-14(15)17;1-3-11(4-2)9-5-7-10-8-6-9/h6-12,17-19,22H,4-5,13-16H2,1-3H3;2-10H,1H3;9-10H,3-8H2,1-2H3. The number of nitrogens with one attached hydrogen (secondary N) is 1. The fraction of sp³-hybridized carbons (Fsp3) is 0.404. The van der Waals surface area contributed by atoms with E-state index >= 15 is 0 Å². The summed E-state index contributed by atoms with van der Waals surface area (Å²) in [6, 6.07) is 37.8. The molecule has 2 aliphatic heterocycles. The normalized spacial score (nSPS) is 15.6. The molecule has 2 aromatic heterocycles. The molecule has 8 rings (SSSR count). The van der Waals surface area contributed by atoms with Crippen molar-refractivity contribution in [1.82, 2.24) is 30.0 Å². The Balaban J connectivity index is 0.000000172. The van der Waals surface area contributed by atoms with E-state index in [1.807, 2.05) is 60.7 Å². The number of carbonyl (C=O) groups is 1. The van der Waals surface area contributed by atoms with Crippen LogP contribution >= 0.6 is 23.2 Å². The maximum absolute atomic E-state index is 11.9. The van der Waals surface area contributed by atoms with E-state index in [0.717, 1.165) is 82.2 Å². The number of carbonyl (C=O) groups excluding carboxylic acids is 1. The minimum Gasteiger partial charge on any atom is -0.317 e. The summed E-state index contributed by atoms with van der Waals surface area (Å²) in [5, 5.41) is 6.78. The summed E-state index contributed by atoms with van der Waals surface area (Å²) in [5.41, 5.74) is 7.66. The number of benzene rings is 4.